The molecule has 30 heavy (non-hydrogen) atoms. The predicted molar refractivity (Wildman–Crippen MR) is 138 cm³/mol. The molecular weight excluding hydrogens is 463 g/mol. The molecule has 2 rings (SSSR count). The van der Waals surface area contributed by atoms with Crippen molar-refractivity contribution in [3.8, 4) is 0 Å². The van der Waals surface area contributed by atoms with Crippen LogP contribution in [-0.4, -0.2) is 37.8 Å². The minimum atomic E-state index is -1.59. The van der Waals surface area contributed by atoms with Crippen LogP contribution < -0.4 is 0 Å². The van der Waals surface area contributed by atoms with Gasteiger partial charge in [0.15, 0.2) is 0 Å². The Bertz CT molecular complexity index is 430. The van der Waals surface area contributed by atoms with Gasteiger partial charge in [0.2, 0.25) is 0 Å². The molecule has 2 fully saturated rings. The summed E-state index contributed by atoms with van der Waals surface area (Å²) < 4.78 is 0. The third-order valence-electron chi connectivity index (χ3n) is 6.93. The maximum absolute atomic E-state index is 5.62. The van der Waals surface area contributed by atoms with Crippen LogP contribution in [0.4, 0.5) is 0 Å². The van der Waals surface area contributed by atoms with Gasteiger partial charge in [-0.05, 0) is 44.7 Å². The molecule has 0 amide bonds. The Morgan fingerprint density at radius 2 is 1.57 bits per heavy atom. The molecule has 2 nitrogen and oxygen atoms in total. The van der Waals surface area contributed by atoms with Crippen molar-refractivity contribution < 1.29 is 17.0 Å². The zero-order valence-electron chi connectivity index (χ0n) is 21.1. The minimum absolute atomic E-state index is 0. The van der Waals surface area contributed by atoms with Crippen LogP contribution in [0.1, 0.15) is 98.8 Å². The van der Waals surface area contributed by atoms with Gasteiger partial charge in [0.1, 0.15) is 0 Å². The van der Waals surface area contributed by atoms with Crippen LogP contribution in [0.5, 0.6) is 0 Å². The number of hydrogen-bond acceptors (Lipinski definition) is 1. The van der Waals surface area contributed by atoms with E-state index in [9.17, 15) is 0 Å². The Balaban J connectivity index is 0.00000198. The van der Waals surface area contributed by atoms with Crippen molar-refractivity contribution in [1.29, 1.82) is 0 Å². The summed E-state index contributed by atoms with van der Waals surface area (Å²) in [7, 11) is 8.19. The van der Waals surface area contributed by atoms with Crippen LogP contribution in [0.15, 0.2) is 0 Å². The van der Waals surface area contributed by atoms with E-state index in [4.69, 9.17) is 23.6 Å². The van der Waals surface area contributed by atoms with E-state index in [1.54, 1.807) is 0 Å². The van der Waals surface area contributed by atoms with Crippen LogP contribution >= 0.6 is 18.6 Å². The van der Waals surface area contributed by atoms with Gasteiger partial charge in [-0.15, -0.1) is 5.54 Å². The quantitative estimate of drug-likeness (QED) is 0.162. The number of halogens is 2. The summed E-state index contributed by atoms with van der Waals surface area (Å²) in [5.41, 5.74) is 1.06. The fourth-order valence-corrected chi connectivity index (χ4v) is 11.2. The van der Waals surface area contributed by atoms with E-state index in [1.165, 1.54) is 83.3 Å². The topological polar surface area (TPSA) is 17.3 Å². The third-order valence-corrected chi connectivity index (χ3v) is 11.8. The molecule has 1 heterocycles. The average molecular weight is 514 g/mol. The van der Waals surface area contributed by atoms with Gasteiger partial charge in [0.05, 0.1) is 0 Å². The van der Waals surface area contributed by atoms with E-state index < -0.39 is 25.3 Å². The SMILES string of the molecule is CCCCCC1CC(N2CCCC2)CC1[Si@](C)(CCCC)[N-]C(C)(C)C.[CH3-].[Cl][Ti][Cl]. The molecule has 1 aliphatic carbocycles. The second-order valence-electron chi connectivity index (χ2n) is 10.5. The van der Waals surface area contributed by atoms with Crippen molar-refractivity contribution in [1.82, 2.24) is 4.90 Å². The Hall–Kier alpha value is 1.43. The van der Waals surface area contributed by atoms with E-state index in [-0.39, 0.29) is 13.0 Å². The Kier molecular flexibility index (Phi) is 16.9. The summed E-state index contributed by atoms with van der Waals surface area (Å²) in [5.74, 6) is 0.951. The van der Waals surface area contributed by atoms with Gasteiger partial charge in [-0.25, -0.2) is 0 Å². The van der Waals surface area contributed by atoms with E-state index in [0.717, 1.165) is 17.5 Å². The number of nitrogens with zero attached hydrogens (tertiary/aromatic N) is 2. The summed E-state index contributed by atoms with van der Waals surface area (Å²) in [4.78, 5) is 8.47. The summed E-state index contributed by atoms with van der Waals surface area (Å²) >= 11 is -0.556. The summed E-state index contributed by atoms with van der Waals surface area (Å²) in [6, 6.07) is 2.29. The van der Waals surface area contributed by atoms with Crippen molar-refractivity contribution in [3.63, 3.8) is 0 Å². The number of unbranched alkanes of at least 4 members (excludes halogenated alkanes) is 3. The fourth-order valence-electron chi connectivity index (χ4n) is 5.86. The molecule has 180 valence electrons. The van der Waals surface area contributed by atoms with Crippen molar-refractivity contribution in [2.75, 3.05) is 13.1 Å². The van der Waals surface area contributed by atoms with Crippen molar-refractivity contribution in [2.24, 2.45) is 5.92 Å². The molecule has 6 heteroatoms. The van der Waals surface area contributed by atoms with E-state index in [0.29, 0.717) is 0 Å². The molecule has 0 aromatic heterocycles. The first-order valence-electron chi connectivity index (χ1n) is 12.1. The summed E-state index contributed by atoms with van der Waals surface area (Å²) in [6.07, 6.45) is 14.2. The van der Waals surface area contributed by atoms with Gasteiger partial charge < -0.3 is 17.3 Å². The van der Waals surface area contributed by atoms with Crippen molar-refractivity contribution in [2.45, 2.75) is 129 Å². The first kappa shape index (κ1) is 31.4. The normalized spacial score (nSPS) is 26.5. The molecule has 2 aliphatic rings. The molecule has 1 saturated carbocycles. The zero-order valence-corrected chi connectivity index (χ0v) is 25.1. The van der Waals surface area contributed by atoms with Gasteiger partial charge in [-0.2, -0.15) is 0 Å². The molecule has 4 atom stereocenters. The fraction of sp³-hybridized carbons (Fsp3) is 0.958. The van der Waals surface area contributed by atoms with Crippen LogP contribution in [0.25, 0.3) is 4.98 Å². The second kappa shape index (κ2) is 16.1. The third kappa shape index (κ3) is 11.0. The van der Waals surface area contributed by atoms with Crippen molar-refractivity contribution in [3.05, 3.63) is 12.4 Å². The number of rotatable bonds is 10. The first-order chi connectivity index (χ1) is 13.7. The Labute approximate surface area is 207 Å². The Morgan fingerprint density at radius 1 is 1.00 bits per heavy atom. The average Bonchev–Trinajstić information content (AvgIpc) is 3.29. The van der Waals surface area contributed by atoms with Crippen LogP contribution in [0.2, 0.25) is 18.1 Å². The van der Waals surface area contributed by atoms with Gasteiger partial charge in [-0.1, -0.05) is 99.5 Å². The van der Waals surface area contributed by atoms with E-state index in [1.807, 2.05) is 0 Å². The predicted octanol–water partition coefficient (Wildman–Crippen LogP) is 9.19. The maximum atomic E-state index is 5.62. The molecule has 0 bridgehead atoms. The second-order valence-corrected chi connectivity index (χ2v) is 17.3. The Morgan fingerprint density at radius 3 is 2.07 bits per heavy atom. The molecule has 0 spiro atoms. The number of likely N-dealkylation sites (tertiary alicyclic amines) is 1. The molecule has 3 unspecified atom stereocenters. The van der Waals surface area contributed by atoms with E-state index >= 15 is 0 Å². The van der Waals surface area contributed by atoms with Crippen LogP contribution in [-0.2, 0) is 17.0 Å². The van der Waals surface area contributed by atoms with Crippen LogP contribution in [0, 0.1) is 13.3 Å². The van der Waals surface area contributed by atoms with Crippen molar-refractivity contribution >= 4 is 26.8 Å². The summed E-state index contributed by atoms with van der Waals surface area (Å²) in [6.45, 7) is 17.1. The molecule has 1 saturated heterocycles. The van der Waals surface area contributed by atoms with Crippen LogP contribution in [0.3, 0.4) is 0 Å². The molecule has 1 aliphatic heterocycles. The summed E-state index contributed by atoms with van der Waals surface area (Å²) in [5, 5.41) is 0. The standard InChI is InChI=1S/C23H47N2Si.CH3.2ClH.Ti/c1-7-9-11-14-20-18-21(25-15-12-13-16-25)19-22(20)26(6,17-10-8-2)24-23(3,4)5;;;;/h20-22H,7-19H2,1-6H3;1H3;2*1H;/q2*-1;;;+2/p-2/t20?,21?,22?,26-;;;;/m0..../s1. The first-order valence-corrected chi connectivity index (χ1v) is 19.2. The molecule has 0 aromatic rings. The molecule has 0 N–H and O–H groups in total. The monoisotopic (exact) mass is 512 g/mol. The molecular formula is C24H50Cl2N2SiTi-2. The van der Waals surface area contributed by atoms with Gasteiger partial charge in [-0.3, -0.25) is 0 Å². The van der Waals surface area contributed by atoms with Gasteiger partial charge >= 0.3 is 35.6 Å². The number of hydrogen-bond donors (Lipinski definition) is 0. The molecule has 0 aromatic carbocycles. The zero-order chi connectivity index (χ0) is 21.9. The van der Waals surface area contributed by atoms with E-state index in [2.05, 4.69) is 46.1 Å². The van der Waals surface area contributed by atoms with Gasteiger partial charge in [0.25, 0.3) is 0 Å². The van der Waals surface area contributed by atoms with Gasteiger partial charge in [0, 0.05) is 6.04 Å². The molecule has 0 radical (unpaired) electrons.